The Hall–Kier alpha value is -1.53. The molecule has 0 aliphatic rings. The lowest BCUT2D eigenvalue weighted by atomic mass is 10.2. The van der Waals surface area contributed by atoms with E-state index < -0.39 is 6.03 Å². The van der Waals surface area contributed by atoms with Gasteiger partial charge in [0, 0.05) is 11.4 Å². The summed E-state index contributed by atoms with van der Waals surface area (Å²) in [6.45, 7) is 0.780. The smallest absolute Gasteiger partial charge is 0.318 e. The zero-order chi connectivity index (χ0) is 12.7. The highest BCUT2D eigenvalue weighted by Gasteiger charge is 2.05. The van der Waals surface area contributed by atoms with Crippen molar-refractivity contribution in [1.29, 1.82) is 0 Å². The first-order valence-electron chi connectivity index (χ1n) is 5.07. The topological polar surface area (TPSA) is 84.2 Å². The number of carbonyl (C=O) groups excluding carboxylic acids is 2. The molecule has 0 spiro atoms. The van der Waals surface area contributed by atoms with Crippen LogP contribution in [0.25, 0.3) is 0 Å². The fraction of sp³-hybridized carbons (Fsp3) is 0.273. The number of nitrogens with one attached hydrogen (secondary N) is 2. The normalized spacial score (nSPS) is 9.94. The number of hydrogen-bond acceptors (Lipinski definition) is 4. The average Bonchev–Trinajstić information content (AvgIpc) is 2.26. The zero-order valence-corrected chi connectivity index (χ0v) is 10.3. The average molecular weight is 253 g/mol. The van der Waals surface area contributed by atoms with E-state index in [9.17, 15) is 9.59 Å². The number of imide groups is 1. The molecule has 0 fully saturated rings. The molecule has 1 aromatic carbocycles. The van der Waals surface area contributed by atoms with Crippen LogP contribution in [-0.2, 0) is 11.3 Å². The lowest BCUT2D eigenvalue weighted by molar-refractivity contribution is -0.117. The molecule has 0 heterocycles. The van der Waals surface area contributed by atoms with E-state index in [0.29, 0.717) is 0 Å². The van der Waals surface area contributed by atoms with Crippen LogP contribution in [0.1, 0.15) is 5.56 Å². The molecule has 1 rings (SSSR count). The van der Waals surface area contributed by atoms with Gasteiger partial charge in [0.25, 0.3) is 0 Å². The maximum Gasteiger partial charge on any atom is 0.318 e. The van der Waals surface area contributed by atoms with Crippen LogP contribution in [0.15, 0.2) is 29.2 Å². The molecule has 0 aromatic heterocycles. The van der Waals surface area contributed by atoms with Gasteiger partial charge in [-0.2, -0.15) is 0 Å². The van der Waals surface area contributed by atoms with Gasteiger partial charge in [-0.05, 0) is 24.7 Å². The van der Waals surface area contributed by atoms with Gasteiger partial charge < -0.3 is 11.1 Å². The van der Waals surface area contributed by atoms with Crippen LogP contribution in [0.4, 0.5) is 4.79 Å². The highest BCUT2D eigenvalue weighted by atomic mass is 32.2. The minimum atomic E-state index is -0.820. The number of amides is 3. The second-order valence-corrected chi connectivity index (χ2v) is 4.43. The molecule has 92 valence electrons. The molecule has 5 nitrogen and oxygen atoms in total. The van der Waals surface area contributed by atoms with E-state index >= 15 is 0 Å². The van der Waals surface area contributed by atoms with Crippen molar-refractivity contribution in [2.75, 3.05) is 12.8 Å². The Bertz CT molecular complexity index is 409. The third-order valence-corrected chi connectivity index (χ3v) is 2.91. The molecule has 0 unspecified atom stereocenters. The number of thioether (sulfide) groups is 1. The van der Waals surface area contributed by atoms with Crippen molar-refractivity contribution >= 4 is 23.7 Å². The van der Waals surface area contributed by atoms with Crippen molar-refractivity contribution in [3.63, 3.8) is 0 Å². The van der Waals surface area contributed by atoms with E-state index in [2.05, 4.69) is 5.32 Å². The summed E-state index contributed by atoms with van der Waals surface area (Å²) in [6, 6.07) is 7.03. The number of urea groups is 1. The molecule has 6 heteroatoms. The molecular formula is C11H15N3O2S. The summed E-state index contributed by atoms with van der Waals surface area (Å²) in [5.74, 6) is -0.215. The van der Waals surface area contributed by atoms with E-state index in [1.165, 1.54) is 11.8 Å². The summed E-state index contributed by atoms with van der Waals surface area (Å²) >= 11 is 1.36. The Balaban J connectivity index is 2.48. The van der Waals surface area contributed by atoms with Gasteiger partial charge in [-0.25, -0.2) is 4.79 Å². The van der Waals surface area contributed by atoms with Crippen LogP contribution in [0.5, 0.6) is 0 Å². The molecule has 0 aliphatic carbocycles. The predicted molar refractivity (Wildman–Crippen MR) is 67.7 cm³/mol. The number of benzene rings is 1. The summed E-state index contributed by atoms with van der Waals surface area (Å²) in [4.78, 5) is 22.6. The number of hydrogen-bond donors (Lipinski definition) is 3. The van der Waals surface area contributed by atoms with Crippen LogP contribution in [-0.4, -0.2) is 24.7 Å². The zero-order valence-electron chi connectivity index (χ0n) is 9.53. The molecule has 4 N–H and O–H groups in total. The van der Waals surface area contributed by atoms with Gasteiger partial charge in [-0.1, -0.05) is 12.1 Å². The van der Waals surface area contributed by atoms with E-state index in [-0.39, 0.29) is 11.7 Å². The predicted octanol–water partition coefficient (Wildman–Crippen LogP) is 0.693. The van der Waals surface area contributed by atoms with E-state index in [1.54, 1.807) is 0 Å². The number of nitrogens with two attached hydrogens (primary N) is 1. The van der Waals surface area contributed by atoms with E-state index in [0.717, 1.165) is 17.0 Å². The molecule has 0 radical (unpaired) electrons. The molecule has 17 heavy (non-hydrogen) atoms. The standard InChI is InChI=1S/C11H15N3O2S/c1-13-6-8-3-2-4-9(5-8)17-7-10(15)14-11(12)16/h2-5,13H,6-7H2,1H3,(H3,12,14,15,16). The van der Waals surface area contributed by atoms with Gasteiger partial charge in [0.2, 0.25) is 5.91 Å². The van der Waals surface area contributed by atoms with Crippen LogP contribution < -0.4 is 16.4 Å². The molecule has 0 saturated carbocycles. The van der Waals surface area contributed by atoms with Gasteiger partial charge in [-0.3, -0.25) is 10.1 Å². The van der Waals surface area contributed by atoms with Crippen LogP contribution in [0.2, 0.25) is 0 Å². The molecule has 3 amide bonds. The maximum atomic E-state index is 11.2. The Kier molecular flexibility index (Phi) is 5.51. The lowest BCUT2D eigenvalue weighted by Crippen LogP contribution is -2.36. The molecule has 0 saturated heterocycles. The Morgan fingerprint density at radius 3 is 2.82 bits per heavy atom. The molecule has 0 bridgehead atoms. The summed E-state index contributed by atoms with van der Waals surface area (Å²) in [7, 11) is 1.88. The summed E-state index contributed by atoms with van der Waals surface area (Å²) < 4.78 is 0. The largest absolute Gasteiger partial charge is 0.351 e. The van der Waals surface area contributed by atoms with Crippen LogP contribution in [0.3, 0.4) is 0 Å². The van der Waals surface area contributed by atoms with Crippen molar-refractivity contribution in [2.24, 2.45) is 5.73 Å². The minimum absolute atomic E-state index is 0.173. The highest BCUT2D eigenvalue weighted by molar-refractivity contribution is 8.00. The van der Waals surface area contributed by atoms with Crippen molar-refractivity contribution in [3.05, 3.63) is 29.8 Å². The lowest BCUT2D eigenvalue weighted by Gasteiger charge is -2.04. The Morgan fingerprint density at radius 1 is 1.41 bits per heavy atom. The summed E-state index contributed by atoms with van der Waals surface area (Å²) in [5.41, 5.74) is 5.98. The van der Waals surface area contributed by atoms with Crippen LogP contribution >= 0.6 is 11.8 Å². The first kappa shape index (κ1) is 13.5. The fourth-order valence-corrected chi connectivity index (χ4v) is 2.05. The highest BCUT2D eigenvalue weighted by Crippen LogP contribution is 2.18. The molecular weight excluding hydrogens is 238 g/mol. The number of carbonyl (C=O) groups is 2. The van der Waals surface area contributed by atoms with Crippen molar-refractivity contribution in [1.82, 2.24) is 10.6 Å². The number of primary amides is 1. The number of rotatable bonds is 5. The summed E-state index contributed by atoms with van der Waals surface area (Å²) in [6.07, 6.45) is 0. The minimum Gasteiger partial charge on any atom is -0.351 e. The second kappa shape index (κ2) is 6.93. The van der Waals surface area contributed by atoms with Gasteiger partial charge in [0.15, 0.2) is 0 Å². The monoisotopic (exact) mass is 253 g/mol. The summed E-state index contributed by atoms with van der Waals surface area (Å²) in [5, 5.41) is 5.07. The fourth-order valence-electron chi connectivity index (χ4n) is 1.27. The quantitative estimate of drug-likeness (QED) is 0.674. The molecule has 0 atom stereocenters. The van der Waals surface area contributed by atoms with Crippen molar-refractivity contribution in [3.8, 4) is 0 Å². The third kappa shape index (κ3) is 5.37. The first-order valence-corrected chi connectivity index (χ1v) is 6.06. The second-order valence-electron chi connectivity index (χ2n) is 3.38. The Morgan fingerprint density at radius 2 is 2.18 bits per heavy atom. The van der Waals surface area contributed by atoms with Crippen molar-refractivity contribution in [2.45, 2.75) is 11.4 Å². The van der Waals surface area contributed by atoms with Crippen LogP contribution in [0, 0.1) is 0 Å². The molecule has 0 aliphatic heterocycles. The molecule has 1 aromatic rings. The van der Waals surface area contributed by atoms with Gasteiger partial charge in [0.05, 0.1) is 5.75 Å². The SMILES string of the molecule is CNCc1cccc(SCC(=O)NC(N)=O)c1. The first-order chi connectivity index (χ1) is 8.11. The third-order valence-electron chi connectivity index (χ3n) is 1.91. The van der Waals surface area contributed by atoms with Gasteiger partial charge >= 0.3 is 6.03 Å². The van der Waals surface area contributed by atoms with E-state index in [1.807, 2.05) is 36.6 Å². The Labute approximate surface area is 104 Å². The van der Waals surface area contributed by atoms with Crippen molar-refractivity contribution < 1.29 is 9.59 Å². The van der Waals surface area contributed by atoms with E-state index in [4.69, 9.17) is 5.73 Å². The van der Waals surface area contributed by atoms with Gasteiger partial charge in [0.1, 0.15) is 0 Å². The maximum absolute atomic E-state index is 11.2. The van der Waals surface area contributed by atoms with Gasteiger partial charge in [-0.15, -0.1) is 11.8 Å².